The monoisotopic (exact) mass is 463 g/mol. The Balaban J connectivity index is 1.55. The molecule has 0 saturated carbocycles. The summed E-state index contributed by atoms with van der Waals surface area (Å²) in [6.07, 6.45) is 2.65. The summed E-state index contributed by atoms with van der Waals surface area (Å²) in [6, 6.07) is 9.54. The molecule has 0 radical (unpaired) electrons. The van der Waals surface area contributed by atoms with Gasteiger partial charge >= 0.3 is 0 Å². The molecule has 1 aliphatic rings. The van der Waals surface area contributed by atoms with Gasteiger partial charge in [-0.05, 0) is 36.2 Å². The van der Waals surface area contributed by atoms with Crippen LogP contribution >= 0.6 is 34.5 Å². The highest BCUT2D eigenvalue weighted by Gasteiger charge is 2.24. The Kier molecular flexibility index (Phi) is 7.36. The average Bonchev–Trinajstić information content (AvgIpc) is 3.20. The zero-order chi connectivity index (χ0) is 20.9. The molecule has 8 heteroatoms. The van der Waals surface area contributed by atoms with Gasteiger partial charge in [0.05, 0.1) is 30.4 Å². The van der Waals surface area contributed by atoms with Gasteiger partial charge in [-0.2, -0.15) is 0 Å². The van der Waals surface area contributed by atoms with Crippen LogP contribution in [0.15, 0.2) is 36.5 Å². The predicted octanol–water partition coefficient (Wildman–Crippen LogP) is 5.45. The van der Waals surface area contributed by atoms with E-state index in [4.69, 9.17) is 37.7 Å². The lowest BCUT2D eigenvalue weighted by Crippen LogP contribution is -2.33. The zero-order valence-corrected chi connectivity index (χ0v) is 19.0. The first-order chi connectivity index (χ1) is 14.6. The minimum absolute atomic E-state index is 0.0750. The largest absolute Gasteiger partial charge is 0.371 e. The van der Waals surface area contributed by atoms with Gasteiger partial charge in [-0.1, -0.05) is 36.2 Å². The van der Waals surface area contributed by atoms with E-state index < -0.39 is 0 Å². The fraction of sp³-hybridized carbons (Fsp3) is 0.364. The normalized spacial score (nSPS) is 16.7. The van der Waals surface area contributed by atoms with Gasteiger partial charge in [-0.15, -0.1) is 11.3 Å². The summed E-state index contributed by atoms with van der Waals surface area (Å²) in [5.41, 5.74) is 3.97. The van der Waals surface area contributed by atoms with Crippen molar-refractivity contribution in [1.29, 1.82) is 0 Å². The van der Waals surface area contributed by atoms with Crippen LogP contribution in [0.25, 0.3) is 10.6 Å². The van der Waals surface area contributed by atoms with E-state index >= 15 is 0 Å². The highest BCUT2D eigenvalue weighted by molar-refractivity contribution is 7.15. The molecule has 1 saturated heterocycles. The van der Waals surface area contributed by atoms with E-state index in [0.29, 0.717) is 29.9 Å². The molecule has 1 unspecified atom stereocenters. The third-order valence-corrected chi connectivity index (χ3v) is 6.57. The summed E-state index contributed by atoms with van der Waals surface area (Å²) in [6.45, 7) is 5.23. The van der Waals surface area contributed by atoms with Gasteiger partial charge in [0.2, 0.25) is 0 Å². The minimum atomic E-state index is -0.0750. The summed E-state index contributed by atoms with van der Waals surface area (Å²) in [4.78, 5) is 10.4. The van der Waals surface area contributed by atoms with Gasteiger partial charge in [-0.25, -0.2) is 4.98 Å². The van der Waals surface area contributed by atoms with Gasteiger partial charge in [0.1, 0.15) is 11.1 Å². The number of aromatic nitrogens is 2. The fourth-order valence-electron chi connectivity index (χ4n) is 3.28. The highest BCUT2D eigenvalue weighted by Crippen LogP contribution is 2.34. The summed E-state index contributed by atoms with van der Waals surface area (Å²) < 4.78 is 12.0. The average molecular weight is 464 g/mol. The molecule has 0 aliphatic carbocycles. The van der Waals surface area contributed by atoms with E-state index in [9.17, 15) is 0 Å². The standard InChI is InChI=1S/C22H23Cl2N3O2S/c1-2-17-9-14(5-6-26-17)22-27-21(19-11-25-7-8-29-19)20(30-22)13-28-12-15-3-4-16(23)10-18(15)24/h3-6,9-10,19,25H,2,7-8,11-13H2,1H3. The lowest BCUT2D eigenvalue weighted by molar-refractivity contribution is 0.0230. The third-order valence-electron chi connectivity index (χ3n) is 4.89. The Morgan fingerprint density at radius 2 is 2.13 bits per heavy atom. The number of nitrogens with zero attached hydrogens (tertiary/aromatic N) is 2. The molecular weight excluding hydrogens is 441 g/mol. The maximum atomic E-state index is 6.27. The second kappa shape index (κ2) is 10.2. The SMILES string of the molecule is CCc1cc(-c2nc(C3CNCCO3)c(COCc3ccc(Cl)cc3Cl)s2)ccn1. The van der Waals surface area contributed by atoms with Crippen LogP contribution in [0.5, 0.6) is 0 Å². The zero-order valence-electron chi connectivity index (χ0n) is 16.7. The van der Waals surface area contributed by atoms with Gasteiger partial charge < -0.3 is 14.8 Å². The lowest BCUT2D eigenvalue weighted by Gasteiger charge is -2.23. The molecule has 1 fully saturated rings. The second-order valence-electron chi connectivity index (χ2n) is 7.01. The fourth-order valence-corrected chi connectivity index (χ4v) is 4.79. The van der Waals surface area contributed by atoms with Crippen molar-refractivity contribution in [3.63, 3.8) is 0 Å². The number of hydrogen-bond acceptors (Lipinski definition) is 6. The Morgan fingerprint density at radius 3 is 2.90 bits per heavy atom. The maximum Gasteiger partial charge on any atom is 0.124 e. The van der Waals surface area contributed by atoms with Crippen molar-refractivity contribution in [2.24, 2.45) is 0 Å². The van der Waals surface area contributed by atoms with Gasteiger partial charge in [0.15, 0.2) is 0 Å². The number of hydrogen-bond donors (Lipinski definition) is 1. The van der Waals surface area contributed by atoms with Crippen molar-refractivity contribution in [3.8, 4) is 10.6 Å². The molecule has 2 aromatic heterocycles. The summed E-state index contributed by atoms with van der Waals surface area (Å²) in [7, 11) is 0. The molecule has 1 aromatic carbocycles. The number of thiazole rings is 1. The number of pyridine rings is 1. The summed E-state index contributed by atoms with van der Waals surface area (Å²) >= 11 is 13.9. The smallest absolute Gasteiger partial charge is 0.124 e. The molecule has 0 spiro atoms. The molecule has 1 N–H and O–H groups in total. The predicted molar refractivity (Wildman–Crippen MR) is 121 cm³/mol. The number of aryl methyl sites for hydroxylation is 1. The molecule has 3 aromatic rings. The Morgan fingerprint density at radius 1 is 1.23 bits per heavy atom. The van der Waals surface area contributed by atoms with Crippen molar-refractivity contribution in [3.05, 3.63) is 68.4 Å². The van der Waals surface area contributed by atoms with Crippen molar-refractivity contribution < 1.29 is 9.47 Å². The number of halogens is 2. The second-order valence-corrected chi connectivity index (χ2v) is 8.94. The Labute approximate surface area is 190 Å². The summed E-state index contributed by atoms with van der Waals surface area (Å²) in [5, 5.41) is 5.56. The first-order valence-electron chi connectivity index (χ1n) is 9.93. The topological polar surface area (TPSA) is 56.3 Å². The van der Waals surface area contributed by atoms with Crippen LogP contribution in [-0.4, -0.2) is 29.7 Å². The molecular formula is C22H23Cl2N3O2S. The molecule has 5 nitrogen and oxygen atoms in total. The van der Waals surface area contributed by atoms with Crippen molar-refractivity contribution in [1.82, 2.24) is 15.3 Å². The van der Waals surface area contributed by atoms with Crippen LogP contribution < -0.4 is 5.32 Å². The molecule has 1 aliphatic heterocycles. The molecule has 0 amide bonds. The highest BCUT2D eigenvalue weighted by atomic mass is 35.5. The van der Waals surface area contributed by atoms with E-state index in [2.05, 4.69) is 23.3 Å². The molecule has 30 heavy (non-hydrogen) atoms. The van der Waals surface area contributed by atoms with E-state index in [1.165, 1.54) is 0 Å². The van der Waals surface area contributed by atoms with E-state index in [1.54, 1.807) is 17.4 Å². The van der Waals surface area contributed by atoms with Gasteiger partial charge in [0.25, 0.3) is 0 Å². The van der Waals surface area contributed by atoms with Crippen LogP contribution in [0.4, 0.5) is 0 Å². The lowest BCUT2D eigenvalue weighted by atomic mass is 10.2. The van der Waals surface area contributed by atoms with Crippen molar-refractivity contribution in [2.45, 2.75) is 32.7 Å². The van der Waals surface area contributed by atoms with Crippen molar-refractivity contribution >= 4 is 34.5 Å². The molecule has 0 bridgehead atoms. The number of rotatable bonds is 7. The Bertz CT molecular complexity index is 1010. The van der Waals surface area contributed by atoms with E-state index in [0.717, 1.165) is 51.9 Å². The van der Waals surface area contributed by atoms with Crippen LogP contribution in [0.2, 0.25) is 10.0 Å². The first kappa shape index (κ1) is 21.7. The third kappa shape index (κ3) is 5.19. The van der Waals surface area contributed by atoms with Crippen LogP contribution in [-0.2, 0) is 29.1 Å². The quantitative estimate of drug-likeness (QED) is 0.504. The molecule has 158 valence electrons. The van der Waals surface area contributed by atoms with E-state index in [1.807, 2.05) is 24.4 Å². The molecule has 1 atom stereocenters. The Hall–Kier alpha value is -1.54. The molecule has 3 heterocycles. The number of morpholine rings is 1. The van der Waals surface area contributed by atoms with E-state index in [-0.39, 0.29) is 6.10 Å². The van der Waals surface area contributed by atoms with Crippen LogP contribution in [0.1, 0.15) is 34.9 Å². The maximum absolute atomic E-state index is 6.27. The first-order valence-corrected chi connectivity index (χ1v) is 11.5. The minimum Gasteiger partial charge on any atom is -0.371 e. The van der Waals surface area contributed by atoms with Gasteiger partial charge in [-0.3, -0.25) is 4.98 Å². The number of nitrogens with one attached hydrogen (secondary N) is 1. The summed E-state index contributed by atoms with van der Waals surface area (Å²) in [5.74, 6) is 0. The number of benzene rings is 1. The van der Waals surface area contributed by atoms with Gasteiger partial charge in [0, 0.05) is 40.6 Å². The van der Waals surface area contributed by atoms with Crippen LogP contribution in [0.3, 0.4) is 0 Å². The number of ether oxygens (including phenoxy) is 2. The van der Waals surface area contributed by atoms with Crippen molar-refractivity contribution in [2.75, 3.05) is 19.7 Å². The van der Waals surface area contributed by atoms with Crippen LogP contribution in [0, 0.1) is 0 Å². The molecule has 4 rings (SSSR count).